The van der Waals surface area contributed by atoms with Crippen molar-refractivity contribution in [2.24, 2.45) is 24.8 Å². The van der Waals surface area contributed by atoms with E-state index in [9.17, 15) is 14.7 Å². The summed E-state index contributed by atoms with van der Waals surface area (Å²) in [7, 11) is 1.61. The first-order valence-electron chi connectivity index (χ1n) is 12.6. The van der Waals surface area contributed by atoms with Gasteiger partial charge in [0.25, 0.3) is 5.56 Å². The van der Waals surface area contributed by atoms with Crippen molar-refractivity contribution in [3.63, 3.8) is 0 Å². The van der Waals surface area contributed by atoms with E-state index in [-0.39, 0.29) is 48.5 Å². The third-order valence-corrected chi connectivity index (χ3v) is 7.69. The fourth-order valence-electron chi connectivity index (χ4n) is 4.98. The summed E-state index contributed by atoms with van der Waals surface area (Å²) in [5.41, 5.74) is 0.750. The number of aliphatic hydroxyl groups is 1. The molecule has 194 valence electrons. The normalized spacial score (nSPS) is 20.2. The van der Waals surface area contributed by atoms with Crippen molar-refractivity contribution in [1.82, 2.24) is 18.7 Å². The Hall–Kier alpha value is -2.84. The molecule has 0 bridgehead atoms. The number of ether oxygens (including phenoxy) is 1. The highest BCUT2D eigenvalue weighted by Crippen LogP contribution is 2.38. The predicted molar refractivity (Wildman–Crippen MR) is 142 cm³/mol. The summed E-state index contributed by atoms with van der Waals surface area (Å²) in [5, 5.41) is 10.2. The van der Waals surface area contributed by atoms with Crippen LogP contribution in [0.25, 0.3) is 11.2 Å². The minimum absolute atomic E-state index is 0.113. The SMILES string of the molecule is CC1CC(Cn2c(Oc3ccccc3C(C)C)nc3c2c(=O)n(CCCO)c(=O)n3C)C(C)C=C1Cl. The molecule has 0 spiro atoms. The van der Waals surface area contributed by atoms with Crippen LogP contribution in [0.3, 0.4) is 0 Å². The monoisotopic (exact) mass is 514 g/mol. The molecule has 9 heteroatoms. The maximum Gasteiger partial charge on any atom is 0.332 e. The van der Waals surface area contributed by atoms with Gasteiger partial charge in [-0.2, -0.15) is 4.98 Å². The molecule has 0 aliphatic heterocycles. The Balaban J connectivity index is 1.91. The molecule has 1 aliphatic carbocycles. The van der Waals surface area contributed by atoms with Crippen molar-refractivity contribution in [3.8, 4) is 11.8 Å². The molecule has 2 aromatic heterocycles. The number of benzene rings is 1. The average Bonchev–Trinajstić information content (AvgIpc) is 3.19. The van der Waals surface area contributed by atoms with Crippen LogP contribution in [-0.4, -0.2) is 30.4 Å². The molecule has 0 saturated heterocycles. The minimum Gasteiger partial charge on any atom is -0.425 e. The van der Waals surface area contributed by atoms with E-state index in [1.54, 1.807) is 7.05 Å². The van der Waals surface area contributed by atoms with Gasteiger partial charge in [0, 0.05) is 31.8 Å². The molecule has 36 heavy (non-hydrogen) atoms. The molecule has 3 unspecified atom stereocenters. The number of nitrogens with zero attached hydrogens (tertiary/aromatic N) is 4. The molecular formula is C27H35ClN4O4. The fourth-order valence-corrected chi connectivity index (χ4v) is 5.27. The highest BCUT2D eigenvalue weighted by Gasteiger charge is 2.30. The molecule has 1 aliphatic rings. The summed E-state index contributed by atoms with van der Waals surface area (Å²) < 4.78 is 10.8. The zero-order chi connectivity index (χ0) is 26.1. The van der Waals surface area contributed by atoms with Crippen molar-refractivity contribution in [2.45, 2.75) is 59.5 Å². The van der Waals surface area contributed by atoms with Crippen LogP contribution < -0.4 is 16.0 Å². The van der Waals surface area contributed by atoms with Crippen LogP contribution in [0.2, 0.25) is 0 Å². The largest absolute Gasteiger partial charge is 0.425 e. The number of hydrogen-bond acceptors (Lipinski definition) is 5. The number of allylic oxidation sites excluding steroid dienone is 2. The number of rotatable bonds is 8. The third kappa shape index (κ3) is 4.89. The van der Waals surface area contributed by atoms with Gasteiger partial charge in [-0.05, 0) is 48.1 Å². The van der Waals surface area contributed by atoms with Crippen LogP contribution in [0.5, 0.6) is 11.8 Å². The summed E-state index contributed by atoms with van der Waals surface area (Å²) in [6, 6.07) is 8.07. The van der Waals surface area contributed by atoms with Crippen molar-refractivity contribution in [3.05, 3.63) is 61.8 Å². The lowest BCUT2D eigenvalue weighted by Gasteiger charge is -2.30. The summed E-state index contributed by atoms with van der Waals surface area (Å²) in [6.45, 7) is 8.93. The molecule has 1 aromatic carbocycles. The number of fused-ring (bicyclic) bond motifs is 1. The standard InChI is InChI=1S/C27H35ClN4O4/c1-16(2)20-9-6-7-10-22(20)36-26-29-24-23(25(34)31(11-8-12-33)27(35)30(24)5)32(26)15-19-13-18(4)21(28)14-17(19)3/h6-7,9-10,14,16-19,33H,8,11-13,15H2,1-5H3. The molecular weight excluding hydrogens is 480 g/mol. The number of para-hydroxylation sites is 1. The first-order valence-corrected chi connectivity index (χ1v) is 13.0. The predicted octanol–water partition coefficient (Wildman–Crippen LogP) is 4.61. The minimum atomic E-state index is -0.464. The van der Waals surface area contributed by atoms with Gasteiger partial charge < -0.3 is 9.84 Å². The Morgan fingerprint density at radius 2 is 1.92 bits per heavy atom. The molecule has 2 heterocycles. The van der Waals surface area contributed by atoms with E-state index in [0.717, 1.165) is 17.0 Å². The fraction of sp³-hybridized carbons (Fsp3) is 0.519. The van der Waals surface area contributed by atoms with Gasteiger partial charge in [0.1, 0.15) is 5.75 Å². The molecule has 3 atom stereocenters. The maximum absolute atomic E-state index is 13.6. The van der Waals surface area contributed by atoms with Crippen molar-refractivity contribution in [1.29, 1.82) is 0 Å². The summed E-state index contributed by atoms with van der Waals surface area (Å²) in [4.78, 5) is 31.3. The molecule has 0 radical (unpaired) electrons. The van der Waals surface area contributed by atoms with Crippen molar-refractivity contribution < 1.29 is 9.84 Å². The lowest BCUT2D eigenvalue weighted by Crippen LogP contribution is -2.40. The van der Waals surface area contributed by atoms with Crippen LogP contribution in [-0.2, 0) is 20.1 Å². The van der Waals surface area contributed by atoms with Gasteiger partial charge in [0.15, 0.2) is 11.2 Å². The highest BCUT2D eigenvalue weighted by atomic mass is 35.5. The van der Waals surface area contributed by atoms with Crippen molar-refractivity contribution in [2.75, 3.05) is 6.61 Å². The third-order valence-electron chi connectivity index (χ3n) is 7.19. The second-order valence-electron chi connectivity index (χ2n) is 10.2. The van der Waals surface area contributed by atoms with E-state index in [4.69, 9.17) is 16.3 Å². The van der Waals surface area contributed by atoms with Crippen LogP contribution >= 0.6 is 11.6 Å². The molecule has 0 fully saturated rings. The topological polar surface area (TPSA) is 91.3 Å². The molecule has 8 nitrogen and oxygen atoms in total. The number of halogens is 1. The average molecular weight is 515 g/mol. The highest BCUT2D eigenvalue weighted by molar-refractivity contribution is 6.29. The lowest BCUT2D eigenvalue weighted by molar-refractivity contribution is 0.276. The number of aryl methyl sites for hydroxylation is 1. The van der Waals surface area contributed by atoms with E-state index in [1.165, 1.54) is 9.13 Å². The van der Waals surface area contributed by atoms with Crippen molar-refractivity contribution >= 4 is 22.8 Å². The molecule has 4 rings (SSSR count). The smallest absolute Gasteiger partial charge is 0.332 e. The number of aromatic nitrogens is 4. The van der Waals surface area contributed by atoms with Crippen LogP contribution in [0.1, 0.15) is 52.0 Å². The van der Waals surface area contributed by atoms with E-state index in [2.05, 4.69) is 38.8 Å². The quantitative estimate of drug-likeness (QED) is 0.474. The Bertz CT molecular complexity index is 1400. The molecule has 0 saturated carbocycles. The van der Waals surface area contributed by atoms with Crippen LogP contribution in [0.4, 0.5) is 0 Å². The van der Waals surface area contributed by atoms with E-state index >= 15 is 0 Å². The first kappa shape index (κ1) is 26.2. The Morgan fingerprint density at radius 1 is 1.19 bits per heavy atom. The van der Waals surface area contributed by atoms with Crippen LogP contribution in [0, 0.1) is 17.8 Å². The Morgan fingerprint density at radius 3 is 2.61 bits per heavy atom. The maximum atomic E-state index is 13.6. The van der Waals surface area contributed by atoms with Gasteiger partial charge in [-0.15, -0.1) is 0 Å². The Labute approximate surface area is 215 Å². The number of imidazole rings is 1. The Kier molecular flexibility index (Phi) is 7.76. The van der Waals surface area contributed by atoms with Crippen LogP contribution in [0.15, 0.2) is 45.0 Å². The second-order valence-corrected chi connectivity index (χ2v) is 10.6. The zero-order valence-electron chi connectivity index (χ0n) is 21.6. The first-order chi connectivity index (χ1) is 17.1. The number of hydrogen-bond donors (Lipinski definition) is 1. The summed E-state index contributed by atoms with van der Waals surface area (Å²) in [6.07, 6.45) is 3.26. The van der Waals surface area contributed by atoms with Gasteiger partial charge in [0.2, 0.25) is 0 Å². The van der Waals surface area contributed by atoms with E-state index in [0.29, 0.717) is 24.2 Å². The van der Waals surface area contributed by atoms with Gasteiger partial charge in [-0.1, -0.05) is 63.6 Å². The second kappa shape index (κ2) is 10.6. The van der Waals surface area contributed by atoms with Gasteiger partial charge >= 0.3 is 11.7 Å². The van der Waals surface area contributed by atoms with Gasteiger partial charge in [-0.25, -0.2) is 4.79 Å². The van der Waals surface area contributed by atoms with E-state index < -0.39 is 11.2 Å². The lowest BCUT2D eigenvalue weighted by atomic mass is 9.80. The molecule has 1 N–H and O–H groups in total. The number of aliphatic hydroxyl groups excluding tert-OH is 1. The van der Waals surface area contributed by atoms with E-state index in [1.807, 2.05) is 28.8 Å². The summed E-state index contributed by atoms with van der Waals surface area (Å²) >= 11 is 6.43. The van der Waals surface area contributed by atoms with Gasteiger partial charge in [0.05, 0.1) is 0 Å². The molecule has 3 aromatic rings. The molecule has 0 amide bonds. The van der Waals surface area contributed by atoms with Gasteiger partial charge in [-0.3, -0.25) is 18.5 Å². The summed E-state index contributed by atoms with van der Waals surface area (Å²) in [5.74, 6) is 1.52. The zero-order valence-corrected chi connectivity index (χ0v) is 22.3.